The maximum atomic E-state index is 13.8. The van der Waals surface area contributed by atoms with E-state index in [1.54, 1.807) is 19.2 Å². The molecule has 0 radical (unpaired) electrons. The zero-order valence-electron chi connectivity index (χ0n) is 14.1. The van der Waals surface area contributed by atoms with Crippen LogP contribution < -0.4 is 0 Å². The van der Waals surface area contributed by atoms with Gasteiger partial charge in [0.15, 0.2) is 0 Å². The monoisotopic (exact) mass is 419 g/mol. The molecule has 0 aliphatic heterocycles. The van der Waals surface area contributed by atoms with Gasteiger partial charge >= 0.3 is 19.2 Å². The molecule has 10 heteroatoms. The molecule has 0 heterocycles. The normalized spacial score (nSPS) is 12.4. The van der Waals surface area contributed by atoms with E-state index in [4.69, 9.17) is 26.5 Å². The Labute approximate surface area is 159 Å². The first-order chi connectivity index (χ1) is 12.4. The Kier molecular flexibility index (Phi) is 6.39. The Bertz CT molecular complexity index is 885. The van der Waals surface area contributed by atoms with Crippen LogP contribution in [0.5, 0.6) is 0 Å². The topological polar surface area (TPSA) is 98.1 Å². The number of alkyl halides is 2. The van der Waals surface area contributed by atoms with Crippen molar-refractivity contribution in [2.24, 2.45) is 0 Å². The molecule has 0 aliphatic carbocycles. The van der Waals surface area contributed by atoms with Crippen molar-refractivity contribution < 1.29 is 33.0 Å². The van der Waals surface area contributed by atoms with Gasteiger partial charge in [-0.3, -0.25) is 9.46 Å². The molecule has 2 rings (SSSR count). The molecular formula is C17H17ClF2NO5P. The first-order valence-corrected chi connectivity index (χ1v) is 9.64. The van der Waals surface area contributed by atoms with Crippen LogP contribution in [0.3, 0.4) is 0 Å². The molecule has 3 N–H and O–H groups in total. The smallest absolute Gasteiger partial charge is 0.399 e. The van der Waals surface area contributed by atoms with E-state index in [0.29, 0.717) is 18.7 Å². The minimum Gasteiger partial charge on any atom is -0.478 e. The summed E-state index contributed by atoms with van der Waals surface area (Å²) in [4.78, 5) is 30.3. The molecular weight excluding hydrogens is 403 g/mol. The van der Waals surface area contributed by atoms with Crippen molar-refractivity contribution in [2.45, 2.75) is 18.8 Å². The number of hydrogen-bond acceptors (Lipinski definition) is 3. The van der Waals surface area contributed by atoms with E-state index in [2.05, 4.69) is 0 Å². The van der Waals surface area contributed by atoms with Crippen molar-refractivity contribution in [3.05, 3.63) is 69.7 Å². The fourth-order valence-corrected chi connectivity index (χ4v) is 3.39. The number of aromatic carboxylic acids is 1. The third kappa shape index (κ3) is 5.12. The van der Waals surface area contributed by atoms with Gasteiger partial charge in [-0.15, -0.1) is 0 Å². The summed E-state index contributed by atoms with van der Waals surface area (Å²) in [5.41, 5.74) is -3.67. The lowest BCUT2D eigenvalue weighted by Crippen LogP contribution is -2.18. The van der Waals surface area contributed by atoms with Gasteiger partial charge in [-0.2, -0.15) is 8.78 Å². The van der Waals surface area contributed by atoms with Crippen LogP contribution in [-0.4, -0.2) is 32.8 Å². The molecule has 0 spiro atoms. The number of carboxylic acid groups (broad SMARTS) is 1. The minimum atomic E-state index is -5.69. The fourth-order valence-electron chi connectivity index (χ4n) is 2.49. The molecule has 0 saturated carbocycles. The predicted molar refractivity (Wildman–Crippen MR) is 96.0 cm³/mol. The van der Waals surface area contributed by atoms with Gasteiger partial charge in [0.2, 0.25) is 0 Å². The van der Waals surface area contributed by atoms with Gasteiger partial charge in [0.1, 0.15) is 0 Å². The summed E-state index contributed by atoms with van der Waals surface area (Å²) >= 11 is 5.81. The summed E-state index contributed by atoms with van der Waals surface area (Å²) in [6.45, 7) is 0.806. The Hall–Kier alpha value is -1.83. The van der Waals surface area contributed by atoms with Gasteiger partial charge in [0.05, 0.1) is 16.1 Å². The highest BCUT2D eigenvalue weighted by atomic mass is 35.5. The van der Waals surface area contributed by atoms with Crippen molar-refractivity contribution in [1.29, 1.82) is 0 Å². The van der Waals surface area contributed by atoms with E-state index in [0.717, 1.165) is 11.6 Å². The van der Waals surface area contributed by atoms with E-state index >= 15 is 0 Å². The van der Waals surface area contributed by atoms with Gasteiger partial charge in [0.25, 0.3) is 0 Å². The molecule has 0 fully saturated rings. The van der Waals surface area contributed by atoms with E-state index in [1.807, 2.05) is 4.90 Å². The van der Waals surface area contributed by atoms with Crippen LogP contribution in [0.4, 0.5) is 8.78 Å². The van der Waals surface area contributed by atoms with Crippen molar-refractivity contribution in [3.63, 3.8) is 0 Å². The van der Waals surface area contributed by atoms with Crippen LogP contribution in [0.15, 0.2) is 42.5 Å². The van der Waals surface area contributed by atoms with Gasteiger partial charge in [-0.05, 0) is 36.4 Å². The third-order valence-corrected chi connectivity index (χ3v) is 5.11. The third-order valence-electron chi connectivity index (χ3n) is 3.83. The second-order valence-corrected chi connectivity index (χ2v) is 8.13. The van der Waals surface area contributed by atoms with Crippen molar-refractivity contribution in [3.8, 4) is 0 Å². The Morgan fingerprint density at radius 2 is 1.63 bits per heavy atom. The second kappa shape index (κ2) is 8.04. The Morgan fingerprint density at radius 1 is 1.11 bits per heavy atom. The molecule has 0 bridgehead atoms. The van der Waals surface area contributed by atoms with Crippen LogP contribution in [0, 0.1) is 0 Å². The predicted octanol–water partition coefficient (Wildman–Crippen LogP) is 3.90. The van der Waals surface area contributed by atoms with Crippen LogP contribution in [0.25, 0.3) is 0 Å². The largest absolute Gasteiger partial charge is 0.478 e. The number of nitrogens with zero attached hydrogens (tertiary/aromatic N) is 1. The van der Waals surface area contributed by atoms with Crippen LogP contribution in [-0.2, 0) is 23.3 Å². The Morgan fingerprint density at radius 3 is 2.11 bits per heavy atom. The number of hydrogen-bond donors (Lipinski definition) is 3. The van der Waals surface area contributed by atoms with Crippen LogP contribution in [0.2, 0.25) is 5.02 Å². The lowest BCUT2D eigenvalue weighted by molar-refractivity contribution is 0.0565. The molecule has 0 saturated heterocycles. The zero-order valence-corrected chi connectivity index (χ0v) is 15.8. The maximum Gasteiger partial charge on any atom is 0.399 e. The molecule has 6 nitrogen and oxygen atoms in total. The van der Waals surface area contributed by atoms with Crippen LogP contribution in [0.1, 0.15) is 27.0 Å². The van der Waals surface area contributed by atoms with Gasteiger partial charge in [-0.25, -0.2) is 4.79 Å². The second-order valence-electron chi connectivity index (χ2n) is 6.07. The van der Waals surface area contributed by atoms with Crippen molar-refractivity contribution in [1.82, 2.24) is 4.90 Å². The van der Waals surface area contributed by atoms with E-state index < -0.39 is 29.8 Å². The molecule has 2 aromatic rings. The average molecular weight is 420 g/mol. The lowest BCUT2D eigenvalue weighted by Gasteiger charge is -2.21. The number of carbonyl (C=O) groups is 1. The number of carboxylic acids is 1. The molecule has 27 heavy (non-hydrogen) atoms. The zero-order chi connectivity index (χ0) is 20.4. The fraction of sp³-hybridized carbons (Fsp3) is 0.235. The standard InChI is InChI=1S/C17H17ClF2NO5P/c1-21(9-11-2-5-13(6-3-11)16(22)23)10-12-4-7-14(15(18)8-12)17(19,20)27(24,25)26/h2-8H,9-10H2,1H3,(H,22,23)(H2,24,25,26). The van der Waals surface area contributed by atoms with Gasteiger partial charge in [-0.1, -0.05) is 35.9 Å². The maximum absolute atomic E-state index is 13.8. The molecule has 146 valence electrons. The summed E-state index contributed by atoms with van der Waals surface area (Å²) in [7, 11) is -3.91. The minimum absolute atomic E-state index is 0.176. The van der Waals surface area contributed by atoms with Gasteiger partial charge in [0, 0.05) is 13.1 Å². The highest BCUT2D eigenvalue weighted by Crippen LogP contribution is 2.60. The number of halogens is 3. The first-order valence-electron chi connectivity index (χ1n) is 7.65. The molecule has 2 aromatic carbocycles. The molecule has 0 atom stereocenters. The lowest BCUT2D eigenvalue weighted by atomic mass is 10.1. The highest BCUT2D eigenvalue weighted by Gasteiger charge is 2.51. The summed E-state index contributed by atoms with van der Waals surface area (Å²) < 4.78 is 38.6. The SMILES string of the molecule is CN(Cc1ccc(C(=O)O)cc1)Cc1ccc(C(F)(F)P(=O)(O)O)c(Cl)c1. The molecule has 0 unspecified atom stereocenters. The Balaban J connectivity index is 2.10. The molecule has 0 amide bonds. The number of benzene rings is 2. The molecule has 0 aromatic heterocycles. The average Bonchev–Trinajstić information content (AvgIpc) is 2.54. The quantitative estimate of drug-likeness (QED) is 0.589. The summed E-state index contributed by atoms with van der Waals surface area (Å²) in [5, 5.41) is 8.45. The van der Waals surface area contributed by atoms with Gasteiger partial charge < -0.3 is 14.9 Å². The summed E-state index contributed by atoms with van der Waals surface area (Å²) in [6.07, 6.45) is 0. The van der Waals surface area contributed by atoms with E-state index in [-0.39, 0.29) is 5.56 Å². The number of rotatable bonds is 7. The summed E-state index contributed by atoms with van der Waals surface area (Å²) in [5.74, 6) is -1.02. The molecule has 0 aliphatic rings. The van der Waals surface area contributed by atoms with Crippen molar-refractivity contribution >= 4 is 25.2 Å². The van der Waals surface area contributed by atoms with E-state index in [9.17, 15) is 18.1 Å². The van der Waals surface area contributed by atoms with Crippen molar-refractivity contribution in [2.75, 3.05) is 7.05 Å². The summed E-state index contributed by atoms with van der Waals surface area (Å²) in [6, 6.07) is 9.81. The van der Waals surface area contributed by atoms with Crippen LogP contribution >= 0.6 is 19.2 Å². The first kappa shape index (κ1) is 21.5. The van der Waals surface area contributed by atoms with E-state index in [1.165, 1.54) is 24.3 Å². The highest BCUT2D eigenvalue weighted by molar-refractivity contribution is 7.52.